The van der Waals surface area contributed by atoms with Gasteiger partial charge in [0.15, 0.2) is 0 Å². The van der Waals surface area contributed by atoms with Gasteiger partial charge in [-0.05, 0) is 31.6 Å². The average molecular weight is 238 g/mol. The lowest BCUT2D eigenvalue weighted by molar-refractivity contribution is -0.192. The first-order valence-corrected chi connectivity index (χ1v) is 6.16. The summed E-state index contributed by atoms with van der Waals surface area (Å²) < 4.78 is 10.6. The summed E-state index contributed by atoms with van der Waals surface area (Å²) in [6, 6.07) is 0. The average Bonchev–Trinajstić information content (AvgIpc) is 2.75. The van der Waals surface area contributed by atoms with E-state index in [2.05, 4.69) is 6.58 Å². The Morgan fingerprint density at radius 3 is 2.71 bits per heavy atom. The van der Waals surface area contributed by atoms with Gasteiger partial charge < -0.3 is 14.6 Å². The van der Waals surface area contributed by atoms with Gasteiger partial charge in [-0.25, -0.2) is 4.79 Å². The van der Waals surface area contributed by atoms with E-state index >= 15 is 0 Å². The van der Waals surface area contributed by atoms with Crippen molar-refractivity contribution in [3.05, 3.63) is 12.2 Å². The van der Waals surface area contributed by atoms with Crippen molar-refractivity contribution >= 4 is 5.97 Å². The van der Waals surface area contributed by atoms with E-state index in [1.165, 1.54) is 0 Å². The highest BCUT2D eigenvalue weighted by molar-refractivity contribution is 5.87. The molecule has 1 spiro atoms. The Morgan fingerprint density at radius 1 is 1.53 bits per heavy atom. The number of aliphatic hydroxyl groups excluding tert-OH is 1. The van der Waals surface area contributed by atoms with Crippen LogP contribution in [0.2, 0.25) is 0 Å². The molecule has 94 valence electrons. The minimum Gasteiger partial charge on any atom is -0.456 e. The van der Waals surface area contributed by atoms with Gasteiger partial charge in [0.25, 0.3) is 0 Å². The van der Waals surface area contributed by atoms with Crippen molar-refractivity contribution in [3.8, 4) is 0 Å². The van der Waals surface area contributed by atoms with E-state index in [1.54, 1.807) is 6.92 Å². The summed E-state index contributed by atoms with van der Waals surface area (Å²) >= 11 is 0. The maximum atomic E-state index is 11.5. The normalized spacial score (nSPS) is 41.3. The highest BCUT2D eigenvalue weighted by atomic mass is 16.6. The van der Waals surface area contributed by atoms with Crippen LogP contribution in [0, 0.1) is 17.3 Å². The van der Waals surface area contributed by atoms with Crippen molar-refractivity contribution in [2.24, 2.45) is 17.3 Å². The summed E-state index contributed by atoms with van der Waals surface area (Å²) in [4.78, 5) is 11.5. The predicted octanol–water partition coefficient (Wildman–Crippen LogP) is 0.892. The lowest BCUT2D eigenvalue weighted by Gasteiger charge is -2.48. The van der Waals surface area contributed by atoms with Crippen LogP contribution in [0.3, 0.4) is 0 Å². The molecule has 1 heterocycles. The van der Waals surface area contributed by atoms with E-state index in [-0.39, 0.29) is 23.4 Å². The van der Waals surface area contributed by atoms with Crippen molar-refractivity contribution in [1.82, 2.24) is 0 Å². The minimum atomic E-state index is -0.527. The molecule has 2 saturated carbocycles. The van der Waals surface area contributed by atoms with E-state index in [9.17, 15) is 9.90 Å². The van der Waals surface area contributed by atoms with Crippen LogP contribution >= 0.6 is 0 Å². The van der Waals surface area contributed by atoms with Gasteiger partial charge in [0.1, 0.15) is 6.10 Å². The summed E-state index contributed by atoms with van der Waals surface area (Å²) in [5, 5.41) is 10.2. The molecule has 2 aliphatic carbocycles. The molecule has 0 aromatic carbocycles. The number of carbonyl (C=O) groups excluding carboxylic acids is 1. The molecule has 1 saturated heterocycles. The van der Waals surface area contributed by atoms with Gasteiger partial charge >= 0.3 is 5.97 Å². The standard InChI is InChI=1S/C13H18O4/c1-7(2)12(15)17-11-8-3-9(10(11)14)13(4-8)5-16-6-13/h8-11,14H,1,3-6H2,2H3. The summed E-state index contributed by atoms with van der Waals surface area (Å²) in [7, 11) is 0. The van der Waals surface area contributed by atoms with Crippen LogP contribution < -0.4 is 0 Å². The largest absolute Gasteiger partial charge is 0.456 e. The van der Waals surface area contributed by atoms with E-state index < -0.39 is 6.10 Å². The highest BCUT2D eigenvalue weighted by Gasteiger charge is 2.63. The molecule has 3 aliphatic rings. The summed E-state index contributed by atoms with van der Waals surface area (Å²) in [6.45, 7) is 6.70. The van der Waals surface area contributed by atoms with Crippen LogP contribution in [0.4, 0.5) is 0 Å². The Hall–Kier alpha value is -0.870. The number of aliphatic hydroxyl groups is 1. The number of fused-ring (bicyclic) bond motifs is 3. The lowest BCUT2D eigenvalue weighted by atomic mass is 9.69. The van der Waals surface area contributed by atoms with Gasteiger partial charge in [0.05, 0.1) is 19.3 Å². The SMILES string of the molecule is C=C(C)C(=O)OC1C2CC(C1O)C1(COC1)C2. The lowest BCUT2D eigenvalue weighted by Crippen LogP contribution is -2.54. The van der Waals surface area contributed by atoms with E-state index in [0.717, 1.165) is 26.1 Å². The molecule has 0 radical (unpaired) electrons. The number of carbonyl (C=O) groups is 1. The van der Waals surface area contributed by atoms with Crippen LogP contribution in [0.25, 0.3) is 0 Å². The molecule has 4 atom stereocenters. The zero-order valence-electron chi connectivity index (χ0n) is 10.0. The van der Waals surface area contributed by atoms with Crippen molar-refractivity contribution in [2.75, 3.05) is 13.2 Å². The van der Waals surface area contributed by atoms with Crippen molar-refractivity contribution < 1.29 is 19.4 Å². The smallest absolute Gasteiger partial charge is 0.333 e. The predicted molar refractivity (Wildman–Crippen MR) is 60.2 cm³/mol. The van der Waals surface area contributed by atoms with Gasteiger partial charge in [0.2, 0.25) is 0 Å². The number of esters is 1. The second-order valence-electron chi connectivity index (χ2n) is 5.80. The summed E-state index contributed by atoms with van der Waals surface area (Å²) in [5.41, 5.74) is 0.567. The summed E-state index contributed by atoms with van der Waals surface area (Å²) in [5.74, 6) is 0.145. The fourth-order valence-electron chi connectivity index (χ4n) is 3.68. The van der Waals surface area contributed by atoms with Gasteiger partial charge in [0, 0.05) is 11.0 Å². The van der Waals surface area contributed by atoms with Gasteiger partial charge in [-0.1, -0.05) is 6.58 Å². The molecule has 4 unspecified atom stereocenters. The van der Waals surface area contributed by atoms with Crippen LogP contribution in [-0.2, 0) is 14.3 Å². The number of hydrogen-bond acceptors (Lipinski definition) is 4. The fraction of sp³-hybridized carbons (Fsp3) is 0.769. The fourth-order valence-corrected chi connectivity index (χ4v) is 3.68. The van der Waals surface area contributed by atoms with Crippen molar-refractivity contribution in [3.63, 3.8) is 0 Å². The molecule has 17 heavy (non-hydrogen) atoms. The molecule has 1 aliphatic heterocycles. The zero-order chi connectivity index (χ0) is 12.2. The van der Waals surface area contributed by atoms with E-state index in [1.807, 2.05) is 0 Å². The third-order valence-corrected chi connectivity index (χ3v) is 4.60. The van der Waals surface area contributed by atoms with Crippen LogP contribution in [0.15, 0.2) is 12.2 Å². The molecule has 4 heteroatoms. The van der Waals surface area contributed by atoms with Crippen molar-refractivity contribution in [1.29, 1.82) is 0 Å². The molecule has 3 fully saturated rings. The van der Waals surface area contributed by atoms with Crippen LogP contribution in [0.5, 0.6) is 0 Å². The first kappa shape index (κ1) is 11.2. The molecule has 3 rings (SSSR count). The maximum absolute atomic E-state index is 11.5. The van der Waals surface area contributed by atoms with E-state index in [0.29, 0.717) is 11.5 Å². The van der Waals surface area contributed by atoms with Crippen LogP contribution in [-0.4, -0.2) is 36.5 Å². The molecule has 0 amide bonds. The molecule has 0 aromatic rings. The molecular formula is C13H18O4. The van der Waals surface area contributed by atoms with Crippen LogP contribution in [0.1, 0.15) is 19.8 Å². The monoisotopic (exact) mass is 238 g/mol. The molecule has 0 aromatic heterocycles. The number of rotatable bonds is 2. The molecule has 1 N–H and O–H groups in total. The van der Waals surface area contributed by atoms with Crippen molar-refractivity contribution in [2.45, 2.75) is 32.0 Å². The Morgan fingerprint density at radius 2 is 2.24 bits per heavy atom. The van der Waals surface area contributed by atoms with E-state index in [4.69, 9.17) is 9.47 Å². The van der Waals surface area contributed by atoms with Gasteiger partial charge in [-0.3, -0.25) is 0 Å². The van der Waals surface area contributed by atoms with Gasteiger partial charge in [-0.2, -0.15) is 0 Å². The molecule has 2 bridgehead atoms. The molecular weight excluding hydrogens is 220 g/mol. The number of hydrogen-bond donors (Lipinski definition) is 1. The third-order valence-electron chi connectivity index (χ3n) is 4.60. The van der Waals surface area contributed by atoms with Gasteiger partial charge in [-0.15, -0.1) is 0 Å². The third kappa shape index (κ3) is 1.47. The Labute approximate surface area is 101 Å². The second kappa shape index (κ2) is 3.56. The topological polar surface area (TPSA) is 55.8 Å². The Bertz CT molecular complexity index is 370. The first-order chi connectivity index (χ1) is 8.03. The maximum Gasteiger partial charge on any atom is 0.333 e. The minimum absolute atomic E-state index is 0.177. The Balaban J connectivity index is 1.71. The molecule has 4 nitrogen and oxygen atoms in total. The zero-order valence-corrected chi connectivity index (χ0v) is 10.0. The summed E-state index contributed by atoms with van der Waals surface area (Å²) in [6.07, 6.45) is 1.11. The second-order valence-corrected chi connectivity index (χ2v) is 5.80. The first-order valence-electron chi connectivity index (χ1n) is 6.16. The highest BCUT2D eigenvalue weighted by Crippen LogP contribution is 2.59. The number of ether oxygens (including phenoxy) is 2. The quantitative estimate of drug-likeness (QED) is 0.573. The Kier molecular flexibility index (Phi) is 2.35.